The van der Waals surface area contributed by atoms with Gasteiger partial charge in [0.15, 0.2) is 0 Å². The van der Waals surface area contributed by atoms with Gasteiger partial charge in [-0.25, -0.2) is 14.8 Å². The molecule has 0 atom stereocenters. The van der Waals surface area contributed by atoms with Crippen LogP contribution in [0.15, 0.2) is 54.9 Å². The second-order valence-corrected chi connectivity index (χ2v) is 9.34. The van der Waals surface area contributed by atoms with E-state index in [1.54, 1.807) is 24.3 Å². The van der Waals surface area contributed by atoms with Crippen molar-refractivity contribution in [2.24, 2.45) is 0 Å². The Bertz CT molecular complexity index is 1380. The highest BCUT2D eigenvalue weighted by atomic mass is 16.5. The lowest BCUT2D eigenvalue weighted by Crippen LogP contribution is -2.37. The van der Waals surface area contributed by atoms with E-state index >= 15 is 0 Å². The maximum absolute atomic E-state index is 11.2. The quantitative estimate of drug-likeness (QED) is 0.355. The summed E-state index contributed by atoms with van der Waals surface area (Å²) in [5.74, 6) is 0.307. The van der Waals surface area contributed by atoms with Gasteiger partial charge < -0.3 is 29.5 Å². The zero-order valence-electron chi connectivity index (χ0n) is 21.1. The van der Waals surface area contributed by atoms with Crippen molar-refractivity contribution in [2.75, 3.05) is 57.2 Å². The lowest BCUT2D eigenvalue weighted by molar-refractivity contribution is 0.0697. The number of carbonyl (C=O) groups is 1. The Morgan fingerprint density at radius 2 is 1.86 bits per heavy atom. The number of carboxylic acid groups (broad SMARTS) is 1. The van der Waals surface area contributed by atoms with Crippen LogP contribution in [0.2, 0.25) is 0 Å². The Hall–Kier alpha value is -4.02. The van der Waals surface area contributed by atoms with Crippen LogP contribution in [0.5, 0.6) is 0 Å². The minimum absolute atomic E-state index is 0.235. The fourth-order valence-corrected chi connectivity index (χ4v) is 4.35. The van der Waals surface area contributed by atoms with Crippen molar-refractivity contribution >= 4 is 34.5 Å². The van der Waals surface area contributed by atoms with Gasteiger partial charge in [0.05, 0.1) is 41.8 Å². The van der Waals surface area contributed by atoms with Gasteiger partial charge in [-0.3, -0.25) is 0 Å². The Labute approximate surface area is 215 Å². The molecule has 3 heterocycles. The SMILES string of the molecule is CN(C)CCCn1cnc2ccc(-c3cc(Nc4ccc(C(=O)O)cc4)nc(N4CCOCC4)n3)cc21. The van der Waals surface area contributed by atoms with Crippen molar-refractivity contribution in [3.8, 4) is 11.3 Å². The van der Waals surface area contributed by atoms with Crippen LogP contribution in [0.25, 0.3) is 22.3 Å². The van der Waals surface area contributed by atoms with Crippen molar-refractivity contribution in [3.05, 3.63) is 60.4 Å². The molecule has 0 saturated carbocycles. The average Bonchev–Trinajstić information content (AvgIpc) is 3.31. The zero-order chi connectivity index (χ0) is 25.8. The highest BCUT2D eigenvalue weighted by Crippen LogP contribution is 2.28. The molecule has 5 rings (SSSR count). The summed E-state index contributed by atoms with van der Waals surface area (Å²) < 4.78 is 7.71. The number of hydrogen-bond acceptors (Lipinski definition) is 8. The summed E-state index contributed by atoms with van der Waals surface area (Å²) in [4.78, 5) is 29.8. The van der Waals surface area contributed by atoms with Gasteiger partial charge in [0.25, 0.3) is 0 Å². The van der Waals surface area contributed by atoms with Gasteiger partial charge >= 0.3 is 5.97 Å². The molecule has 0 amide bonds. The molecular formula is C27H31N7O3. The van der Waals surface area contributed by atoms with Crippen molar-refractivity contribution in [3.63, 3.8) is 0 Å². The Morgan fingerprint density at radius 3 is 2.59 bits per heavy atom. The second kappa shape index (κ2) is 10.9. The van der Waals surface area contributed by atoms with Crippen molar-refractivity contribution in [1.29, 1.82) is 0 Å². The predicted octanol–water partition coefficient (Wildman–Crippen LogP) is 3.72. The summed E-state index contributed by atoms with van der Waals surface area (Å²) in [5.41, 5.74) is 4.78. The summed E-state index contributed by atoms with van der Waals surface area (Å²) >= 11 is 0. The number of rotatable bonds is 9. The van der Waals surface area contributed by atoms with Crippen LogP contribution in [0.3, 0.4) is 0 Å². The number of nitrogens with zero attached hydrogens (tertiary/aromatic N) is 6. The van der Waals surface area contributed by atoms with Gasteiger partial charge in [0.1, 0.15) is 5.82 Å². The molecule has 2 N–H and O–H groups in total. The molecule has 192 valence electrons. The maximum Gasteiger partial charge on any atom is 0.335 e. The van der Waals surface area contributed by atoms with Gasteiger partial charge in [-0.05, 0) is 63.5 Å². The third-order valence-corrected chi connectivity index (χ3v) is 6.33. The summed E-state index contributed by atoms with van der Waals surface area (Å²) in [6, 6.07) is 14.7. The second-order valence-electron chi connectivity index (χ2n) is 9.34. The number of aromatic carboxylic acids is 1. The van der Waals surface area contributed by atoms with E-state index in [-0.39, 0.29) is 5.56 Å². The highest BCUT2D eigenvalue weighted by Gasteiger charge is 2.17. The molecule has 0 aliphatic carbocycles. The number of carboxylic acids is 1. The molecule has 37 heavy (non-hydrogen) atoms. The van der Waals surface area contributed by atoms with E-state index in [0.717, 1.165) is 47.5 Å². The number of aromatic nitrogens is 4. The number of benzene rings is 2. The zero-order valence-corrected chi connectivity index (χ0v) is 21.1. The first-order valence-electron chi connectivity index (χ1n) is 12.4. The Morgan fingerprint density at radius 1 is 1.08 bits per heavy atom. The van der Waals surface area contributed by atoms with Crippen LogP contribution < -0.4 is 10.2 Å². The number of morpholine rings is 1. The third kappa shape index (κ3) is 5.87. The van der Waals surface area contributed by atoms with E-state index in [1.165, 1.54) is 0 Å². The van der Waals surface area contributed by atoms with E-state index in [2.05, 4.69) is 44.8 Å². The molecule has 0 bridgehead atoms. The molecule has 2 aromatic carbocycles. The van der Waals surface area contributed by atoms with Gasteiger partial charge in [0.2, 0.25) is 5.95 Å². The molecular weight excluding hydrogens is 470 g/mol. The first-order chi connectivity index (χ1) is 18.0. The number of aryl methyl sites for hydroxylation is 1. The van der Waals surface area contributed by atoms with Gasteiger partial charge in [-0.1, -0.05) is 6.07 Å². The first kappa shape index (κ1) is 24.7. The van der Waals surface area contributed by atoms with E-state index in [4.69, 9.17) is 14.7 Å². The van der Waals surface area contributed by atoms with Crippen molar-refractivity contribution in [2.45, 2.75) is 13.0 Å². The molecule has 10 nitrogen and oxygen atoms in total. The Kier molecular flexibility index (Phi) is 7.29. The van der Waals surface area contributed by atoms with Crippen LogP contribution in [-0.2, 0) is 11.3 Å². The average molecular weight is 502 g/mol. The predicted molar refractivity (Wildman–Crippen MR) is 144 cm³/mol. The summed E-state index contributed by atoms with van der Waals surface area (Å²) in [5, 5.41) is 12.5. The highest BCUT2D eigenvalue weighted by molar-refractivity contribution is 5.88. The molecule has 1 saturated heterocycles. The van der Waals surface area contributed by atoms with Crippen molar-refractivity contribution < 1.29 is 14.6 Å². The molecule has 10 heteroatoms. The van der Waals surface area contributed by atoms with Crippen molar-refractivity contribution in [1.82, 2.24) is 24.4 Å². The molecule has 4 aromatic rings. The fourth-order valence-electron chi connectivity index (χ4n) is 4.35. The first-order valence-corrected chi connectivity index (χ1v) is 12.4. The van der Waals surface area contributed by atoms with E-state index in [1.807, 2.05) is 24.5 Å². The lowest BCUT2D eigenvalue weighted by atomic mass is 10.1. The summed E-state index contributed by atoms with van der Waals surface area (Å²) in [6.45, 7) is 4.59. The number of ether oxygens (including phenoxy) is 1. The van der Waals surface area contributed by atoms with Crippen LogP contribution in [0, 0.1) is 0 Å². The van der Waals surface area contributed by atoms with Crippen LogP contribution in [0.1, 0.15) is 16.8 Å². The maximum atomic E-state index is 11.2. The Balaban J connectivity index is 1.49. The largest absolute Gasteiger partial charge is 0.478 e. The smallest absolute Gasteiger partial charge is 0.335 e. The topological polar surface area (TPSA) is 109 Å². The third-order valence-electron chi connectivity index (χ3n) is 6.33. The lowest BCUT2D eigenvalue weighted by Gasteiger charge is -2.27. The summed E-state index contributed by atoms with van der Waals surface area (Å²) in [7, 11) is 4.16. The van der Waals surface area contributed by atoms with Crippen LogP contribution in [0.4, 0.5) is 17.5 Å². The monoisotopic (exact) mass is 501 g/mol. The molecule has 0 radical (unpaired) electrons. The fraction of sp³-hybridized carbons (Fsp3) is 0.333. The normalized spacial score (nSPS) is 13.9. The number of nitrogens with one attached hydrogen (secondary N) is 1. The van der Waals surface area contributed by atoms with Gasteiger partial charge in [-0.2, -0.15) is 4.98 Å². The van der Waals surface area contributed by atoms with E-state index in [0.29, 0.717) is 38.1 Å². The molecule has 1 fully saturated rings. The van der Waals surface area contributed by atoms with E-state index in [9.17, 15) is 9.90 Å². The number of fused-ring (bicyclic) bond motifs is 1. The molecule has 2 aromatic heterocycles. The minimum Gasteiger partial charge on any atom is -0.478 e. The number of imidazole rings is 1. The van der Waals surface area contributed by atoms with E-state index < -0.39 is 5.97 Å². The molecule has 1 aliphatic rings. The number of hydrogen-bond donors (Lipinski definition) is 2. The minimum atomic E-state index is -0.957. The summed E-state index contributed by atoms with van der Waals surface area (Å²) in [6.07, 6.45) is 2.93. The van der Waals surface area contributed by atoms with Crippen LogP contribution in [-0.4, -0.2) is 82.4 Å². The number of anilines is 3. The molecule has 0 spiro atoms. The van der Waals surface area contributed by atoms with Gasteiger partial charge in [-0.15, -0.1) is 0 Å². The standard InChI is InChI=1S/C27H31N7O3/c1-32(2)10-3-11-34-18-28-22-9-6-20(16-24(22)34)23-17-25(29-21-7-4-19(5-8-21)26(35)36)31-27(30-23)33-12-14-37-15-13-33/h4-9,16-18H,3,10-15H2,1-2H3,(H,35,36)(H,29,30,31). The van der Waals surface area contributed by atoms with Crippen LogP contribution >= 0.6 is 0 Å². The molecule has 1 aliphatic heterocycles. The molecule has 0 unspecified atom stereocenters. The van der Waals surface area contributed by atoms with Gasteiger partial charge in [0, 0.05) is 37.0 Å².